The van der Waals surface area contributed by atoms with Crippen LogP contribution in [0.2, 0.25) is 5.02 Å². The van der Waals surface area contributed by atoms with Gasteiger partial charge in [0.25, 0.3) is 0 Å². The van der Waals surface area contributed by atoms with Crippen molar-refractivity contribution in [1.82, 2.24) is 4.98 Å². The fraction of sp³-hybridized carbons (Fsp3) is 0.357. The Morgan fingerprint density at radius 2 is 1.89 bits per heavy atom. The summed E-state index contributed by atoms with van der Waals surface area (Å²) in [4.78, 5) is 9.22. The van der Waals surface area contributed by atoms with E-state index in [1.165, 1.54) is 11.6 Å². The number of oxazole rings is 1. The van der Waals surface area contributed by atoms with Crippen molar-refractivity contribution in [3.05, 3.63) is 92.9 Å². The van der Waals surface area contributed by atoms with E-state index in [1.54, 1.807) is 0 Å². The molecule has 3 nitrogen and oxygen atoms in total. The highest BCUT2D eigenvalue weighted by molar-refractivity contribution is 6.30. The Morgan fingerprint density at radius 1 is 1.11 bits per heavy atom. The largest absolute Gasteiger partial charge is 0.445 e. The van der Waals surface area contributed by atoms with Gasteiger partial charge in [0.1, 0.15) is 11.5 Å². The normalized spacial score (nSPS) is 12.5. The van der Waals surface area contributed by atoms with Gasteiger partial charge in [0.2, 0.25) is 0 Å². The number of hydrogen-bond acceptors (Lipinski definition) is 3. The van der Waals surface area contributed by atoms with Crippen molar-refractivity contribution >= 4 is 22.9 Å². The third-order valence-corrected chi connectivity index (χ3v) is 6.05. The van der Waals surface area contributed by atoms with E-state index >= 15 is 0 Å². The molecule has 0 bridgehead atoms. The van der Waals surface area contributed by atoms with E-state index in [2.05, 4.69) is 24.9 Å². The molecule has 186 valence electrons. The van der Waals surface area contributed by atoms with Crippen LogP contribution in [0, 0.1) is 24.4 Å². The molecule has 2 aromatic carbocycles. The summed E-state index contributed by atoms with van der Waals surface area (Å²) in [7, 11) is 0. The van der Waals surface area contributed by atoms with E-state index in [9.17, 15) is 13.2 Å². The Bertz CT molecular complexity index is 1250. The lowest BCUT2D eigenvalue weighted by atomic mass is 9.97. The van der Waals surface area contributed by atoms with E-state index in [4.69, 9.17) is 21.0 Å². The Kier molecular flexibility index (Phi) is 9.33. The molecule has 0 unspecified atom stereocenters. The van der Waals surface area contributed by atoms with Crippen molar-refractivity contribution in [1.29, 1.82) is 0 Å². The zero-order valence-corrected chi connectivity index (χ0v) is 21.3. The van der Waals surface area contributed by atoms with Gasteiger partial charge in [-0.2, -0.15) is 0 Å². The van der Waals surface area contributed by atoms with Crippen LogP contribution in [0.15, 0.2) is 45.8 Å². The number of aliphatic imine (C=N–C) groups is 1. The minimum Gasteiger partial charge on any atom is -0.445 e. The molecule has 0 aliphatic heterocycles. The number of hydrogen-bond donors (Lipinski definition) is 0. The van der Waals surface area contributed by atoms with Crippen molar-refractivity contribution in [2.45, 2.75) is 59.8 Å². The van der Waals surface area contributed by atoms with Gasteiger partial charge in [0.15, 0.2) is 23.3 Å². The minimum atomic E-state index is -1.50. The van der Waals surface area contributed by atoms with E-state index in [0.717, 1.165) is 36.5 Å². The van der Waals surface area contributed by atoms with Gasteiger partial charge >= 0.3 is 0 Å². The summed E-state index contributed by atoms with van der Waals surface area (Å²) in [6.07, 6.45) is 5.49. The number of allylic oxidation sites excluding steroid dienone is 1. The second-order valence-electron chi connectivity index (χ2n) is 8.44. The van der Waals surface area contributed by atoms with Crippen molar-refractivity contribution in [3.63, 3.8) is 0 Å². The molecule has 1 aromatic heterocycles. The highest BCUT2D eigenvalue weighted by Gasteiger charge is 2.19. The summed E-state index contributed by atoms with van der Waals surface area (Å²) in [5.41, 5.74) is 4.79. The fourth-order valence-corrected chi connectivity index (χ4v) is 4.06. The molecule has 1 heterocycles. The molecule has 0 aliphatic rings. The predicted molar refractivity (Wildman–Crippen MR) is 136 cm³/mol. The molecular weight excluding hydrogens is 473 g/mol. The number of aromatic nitrogens is 1. The lowest BCUT2D eigenvalue weighted by molar-refractivity contribution is 0.433. The third-order valence-electron chi connectivity index (χ3n) is 5.82. The second-order valence-corrected chi connectivity index (χ2v) is 8.88. The van der Waals surface area contributed by atoms with Crippen LogP contribution in [0.1, 0.15) is 74.1 Å². The zero-order chi connectivity index (χ0) is 25.5. The smallest absolute Gasteiger partial charge is 0.199 e. The highest BCUT2D eigenvalue weighted by Crippen LogP contribution is 2.27. The molecule has 0 radical (unpaired) electrons. The molecule has 3 rings (SSSR count). The van der Waals surface area contributed by atoms with Crippen LogP contribution in [0.4, 0.5) is 13.2 Å². The maximum atomic E-state index is 14.1. The van der Waals surface area contributed by atoms with Gasteiger partial charge in [-0.1, -0.05) is 50.1 Å². The first-order valence-corrected chi connectivity index (χ1v) is 12.2. The number of nitrogens with zero attached hydrogens (tertiary/aromatic N) is 2. The summed E-state index contributed by atoms with van der Waals surface area (Å²) < 4.78 is 46.7. The van der Waals surface area contributed by atoms with Crippen LogP contribution in [0.5, 0.6) is 0 Å². The molecule has 7 heteroatoms. The molecule has 35 heavy (non-hydrogen) atoms. The SMILES string of the molecule is CCCC=C(CCN=C(C)c1nc(Cc2ccc(F)c(F)c2F)oc1CC)c1cc(Cl)ccc1C. The molecule has 0 saturated carbocycles. The first kappa shape index (κ1) is 26.7. The second kappa shape index (κ2) is 12.2. The fourth-order valence-electron chi connectivity index (χ4n) is 3.89. The number of unbranched alkanes of at least 4 members (excludes halogenated alkanes) is 1. The number of benzene rings is 2. The summed E-state index contributed by atoms with van der Waals surface area (Å²) >= 11 is 6.24. The average molecular weight is 503 g/mol. The maximum Gasteiger partial charge on any atom is 0.199 e. The van der Waals surface area contributed by atoms with Crippen LogP contribution in [-0.2, 0) is 12.8 Å². The van der Waals surface area contributed by atoms with Crippen molar-refractivity contribution in [2.24, 2.45) is 4.99 Å². The van der Waals surface area contributed by atoms with E-state index in [-0.39, 0.29) is 17.9 Å². The van der Waals surface area contributed by atoms with Crippen LogP contribution in [-0.4, -0.2) is 17.2 Å². The summed E-state index contributed by atoms with van der Waals surface area (Å²) in [5, 5.41) is 0.702. The summed E-state index contributed by atoms with van der Waals surface area (Å²) in [5.74, 6) is -3.09. The number of rotatable bonds is 10. The van der Waals surface area contributed by atoms with Crippen LogP contribution >= 0.6 is 11.6 Å². The molecule has 0 atom stereocenters. The van der Waals surface area contributed by atoms with E-state index in [1.807, 2.05) is 32.0 Å². The Balaban J connectivity index is 1.79. The van der Waals surface area contributed by atoms with Crippen LogP contribution in [0.25, 0.3) is 5.57 Å². The highest BCUT2D eigenvalue weighted by atomic mass is 35.5. The van der Waals surface area contributed by atoms with Crippen molar-refractivity contribution in [3.8, 4) is 0 Å². The number of halogens is 4. The predicted octanol–water partition coefficient (Wildman–Crippen LogP) is 8.29. The number of aryl methyl sites for hydroxylation is 2. The standard InChI is InChI=1S/C28H30ClF3N2O/c1-5-7-8-19(22-16-21(29)11-9-17(22)3)13-14-33-18(4)28-24(6-2)35-25(34-28)15-20-10-12-23(30)27(32)26(20)31/h8-12,16H,5-7,13-15H2,1-4H3. The van der Waals surface area contributed by atoms with E-state index < -0.39 is 17.5 Å². The van der Waals surface area contributed by atoms with Gasteiger partial charge < -0.3 is 4.42 Å². The first-order chi connectivity index (χ1) is 16.7. The molecule has 0 amide bonds. The summed E-state index contributed by atoms with van der Waals surface area (Å²) in [6.45, 7) is 8.55. The zero-order valence-electron chi connectivity index (χ0n) is 20.5. The van der Waals surface area contributed by atoms with Gasteiger partial charge in [-0.3, -0.25) is 4.99 Å². The van der Waals surface area contributed by atoms with Gasteiger partial charge in [-0.05, 0) is 61.6 Å². The topological polar surface area (TPSA) is 38.4 Å². The van der Waals surface area contributed by atoms with E-state index in [0.29, 0.717) is 35.2 Å². The van der Waals surface area contributed by atoms with Crippen LogP contribution < -0.4 is 0 Å². The molecule has 0 aliphatic carbocycles. The average Bonchev–Trinajstić information content (AvgIpc) is 3.26. The van der Waals surface area contributed by atoms with Gasteiger partial charge in [-0.15, -0.1) is 0 Å². The molecule has 0 N–H and O–H groups in total. The Labute approximate surface area is 209 Å². The summed E-state index contributed by atoms with van der Waals surface area (Å²) in [6, 6.07) is 8.00. The monoisotopic (exact) mass is 502 g/mol. The first-order valence-electron chi connectivity index (χ1n) is 11.8. The molecule has 0 fully saturated rings. The lowest BCUT2D eigenvalue weighted by Crippen LogP contribution is -2.02. The van der Waals surface area contributed by atoms with Gasteiger partial charge in [0.05, 0.1) is 12.1 Å². The Hall–Kier alpha value is -2.86. The minimum absolute atomic E-state index is 0.0171. The molecule has 0 spiro atoms. The third kappa shape index (κ3) is 6.63. The lowest BCUT2D eigenvalue weighted by Gasteiger charge is -2.11. The Morgan fingerprint density at radius 3 is 2.60 bits per heavy atom. The van der Waals surface area contributed by atoms with Crippen LogP contribution in [0.3, 0.4) is 0 Å². The molecule has 3 aromatic rings. The van der Waals surface area contributed by atoms with Crippen molar-refractivity contribution in [2.75, 3.05) is 6.54 Å². The van der Waals surface area contributed by atoms with Gasteiger partial charge in [-0.25, -0.2) is 18.2 Å². The van der Waals surface area contributed by atoms with Crippen molar-refractivity contribution < 1.29 is 17.6 Å². The maximum absolute atomic E-state index is 14.1. The van der Waals surface area contributed by atoms with Gasteiger partial charge in [0, 0.05) is 23.6 Å². The molecule has 0 saturated heterocycles. The quantitative estimate of drug-likeness (QED) is 0.206. The molecular formula is C28H30ClF3N2O.